The summed E-state index contributed by atoms with van der Waals surface area (Å²) in [5.74, 6) is -0.970. The quantitative estimate of drug-likeness (QED) is 0.911. The van der Waals surface area contributed by atoms with E-state index in [4.69, 9.17) is 0 Å². The van der Waals surface area contributed by atoms with E-state index in [9.17, 15) is 14.0 Å². The first kappa shape index (κ1) is 14.8. The summed E-state index contributed by atoms with van der Waals surface area (Å²) < 4.78 is 14.6. The summed E-state index contributed by atoms with van der Waals surface area (Å²) in [4.78, 5) is 30.2. The van der Waals surface area contributed by atoms with E-state index in [1.807, 2.05) is 0 Å². The van der Waals surface area contributed by atoms with Crippen LogP contribution in [0.25, 0.3) is 0 Å². The van der Waals surface area contributed by atoms with Crippen molar-refractivity contribution in [2.45, 2.75) is 32.0 Å². The van der Waals surface area contributed by atoms with Gasteiger partial charge in [0.15, 0.2) is 5.69 Å². The second kappa shape index (κ2) is 5.40. The molecule has 1 saturated carbocycles. The molecule has 1 aliphatic heterocycles. The molecule has 8 heteroatoms. The summed E-state index contributed by atoms with van der Waals surface area (Å²) in [5, 5.41) is 7.22. The van der Waals surface area contributed by atoms with Crippen LogP contribution in [0.15, 0.2) is 18.3 Å². The Labute approximate surface area is 137 Å². The van der Waals surface area contributed by atoms with Crippen molar-refractivity contribution < 1.29 is 14.0 Å². The van der Waals surface area contributed by atoms with E-state index in [0.29, 0.717) is 18.8 Å². The number of carbonyl (C=O) groups is 2. The summed E-state index contributed by atoms with van der Waals surface area (Å²) >= 11 is 0. The van der Waals surface area contributed by atoms with Gasteiger partial charge in [0, 0.05) is 18.7 Å². The van der Waals surface area contributed by atoms with Crippen LogP contribution in [0.2, 0.25) is 0 Å². The normalized spacial score (nSPS) is 16.2. The van der Waals surface area contributed by atoms with Crippen LogP contribution < -0.4 is 5.32 Å². The third-order valence-electron chi connectivity index (χ3n) is 4.33. The van der Waals surface area contributed by atoms with Gasteiger partial charge in [-0.3, -0.25) is 14.3 Å². The van der Waals surface area contributed by atoms with Crippen LogP contribution in [0.5, 0.6) is 0 Å². The minimum absolute atomic E-state index is 0.182. The zero-order chi connectivity index (χ0) is 16.8. The molecule has 1 fully saturated rings. The molecule has 0 radical (unpaired) electrons. The monoisotopic (exact) mass is 329 g/mol. The van der Waals surface area contributed by atoms with Gasteiger partial charge < -0.3 is 10.2 Å². The third-order valence-corrected chi connectivity index (χ3v) is 4.33. The molecular formula is C16H16FN5O2. The summed E-state index contributed by atoms with van der Waals surface area (Å²) in [5.41, 5.74) is 2.17. The van der Waals surface area contributed by atoms with E-state index >= 15 is 0 Å². The number of rotatable bonds is 3. The molecule has 2 aromatic rings. The molecule has 0 bridgehead atoms. The number of hydrogen-bond acceptors (Lipinski definition) is 4. The predicted molar refractivity (Wildman–Crippen MR) is 81.5 cm³/mol. The van der Waals surface area contributed by atoms with Crippen molar-refractivity contribution in [3.05, 3.63) is 46.8 Å². The Kier molecular flexibility index (Phi) is 3.33. The molecule has 3 heterocycles. The maximum absolute atomic E-state index is 13.0. The first-order chi connectivity index (χ1) is 11.5. The topological polar surface area (TPSA) is 80.1 Å². The van der Waals surface area contributed by atoms with E-state index < -0.39 is 5.82 Å². The second-order valence-electron chi connectivity index (χ2n) is 6.17. The van der Waals surface area contributed by atoms with Gasteiger partial charge in [-0.15, -0.1) is 0 Å². The Bertz CT molecular complexity index is 826. The largest absolute Gasteiger partial charge is 0.348 e. The van der Waals surface area contributed by atoms with Gasteiger partial charge in [-0.2, -0.15) is 5.10 Å². The lowest BCUT2D eigenvalue weighted by atomic mass is 10.2. The number of amides is 2. The van der Waals surface area contributed by atoms with Crippen molar-refractivity contribution in [1.82, 2.24) is 25.0 Å². The van der Waals surface area contributed by atoms with Gasteiger partial charge >= 0.3 is 0 Å². The van der Waals surface area contributed by atoms with Gasteiger partial charge in [-0.25, -0.2) is 9.37 Å². The fraction of sp³-hybridized carbons (Fsp3) is 0.375. The van der Waals surface area contributed by atoms with Crippen molar-refractivity contribution >= 4 is 11.8 Å². The molecule has 2 aliphatic rings. The van der Waals surface area contributed by atoms with Crippen LogP contribution in [0, 0.1) is 5.82 Å². The van der Waals surface area contributed by atoms with Crippen LogP contribution in [-0.4, -0.2) is 37.5 Å². The lowest BCUT2D eigenvalue weighted by molar-refractivity contribution is 0.0739. The summed E-state index contributed by atoms with van der Waals surface area (Å²) in [6.07, 6.45) is 3.02. The molecule has 0 spiro atoms. The number of aryl methyl sites for hydroxylation is 1. The van der Waals surface area contributed by atoms with Crippen LogP contribution in [0.3, 0.4) is 0 Å². The standard InChI is InChI=1S/C16H16FN5O2/c1-21-13-8-22(16(24)12-5-2-9(17)6-18-12)7-11(13)14(20-21)15(23)19-10-3-4-10/h2,5-6,10H,3-4,7-8H2,1H3,(H,19,23). The molecule has 0 saturated heterocycles. The molecule has 24 heavy (non-hydrogen) atoms. The van der Waals surface area contributed by atoms with Gasteiger partial charge in [-0.1, -0.05) is 0 Å². The van der Waals surface area contributed by atoms with Gasteiger partial charge in [0.25, 0.3) is 11.8 Å². The summed E-state index contributed by atoms with van der Waals surface area (Å²) in [6, 6.07) is 2.82. The molecule has 0 aromatic carbocycles. The molecule has 124 valence electrons. The first-order valence-corrected chi connectivity index (χ1v) is 7.79. The van der Waals surface area contributed by atoms with Crippen LogP contribution in [0.4, 0.5) is 4.39 Å². The number of nitrogens with zero attached hydrogens (tertiary/aromatic N) is 4. The minimum Gasteiger partial charge on any atom is -0.348 e. The van der Waals surface area contributed by atoms with Gasteiger partial charge in [-0.05, 0) is 25.0 Å². The molecular weight excluding hydrogens is 313 g/mol. The number of carbonyl (C=O) groups excluding carboxylic acids is 2. The highest BCUT2D eigenvalue weighted by Crippen LogP contribution is 2.27. The first-order valence-electron chi connectivity index (χ1n) is 7.79. The average Bonchev–Trinajstić information content (AvgIpc) is 3.17. The molecule has 7 nitrogen and oxygen atoms in total. The smallest absolute Gasteiger partial charge is 0.273 e. The number of aromatic nitrogens is 3. The number of pyridine rings is 1. The highest BCUT2D eigenvalue weighted by atomic mass is 19.1. The zero-order valence-electron chi connectivity index (χ0n) is 13.1. The number of nitrogens with one attached hydrogen (secondary N) is 1. The Balaban J connectivity index is 1.56. The van der Waals surface area contributed by atoms with E-state index in [1.165, 1.54) is 12.1 Å². The van der Waals surface area contributed by atoms with Crippen molar-refractivity contribution in [3.8, 4) is 0 Å². The van der Waals surface area contributed by atoms with Crippen molar-refractivity contribution in [3.63, 3.8) is 0 Å². The molecule has 0 unspecified atom stereocenters. The average molecular weight is 329 g/mol. The summed E-state index contributed by atoms with van der Waals surface area (Å²) in [7, 11) is 1.76. The van der Waals surface area contributed by atoms with Crippen molar-refractivity contribution in [1.29, 1.82) is 0 Å². The number of halogens is 1. The molecule has 0 atom stereocenters. The van der Waals surface area contributed by atoms with Crippen LogP contribution in [0.1, 0.15) is 45.1 Å². The Morgan fingerprint density at radius 3 is 2.75 bits per heavy atom. The van der Waals surface area contributed by atoms with Crippen LogP contribution >= 0.6 is 0 Å². The molecule has 2 amide bonds. The highest BCUT2D eigenvalue weighted by molar-refractivity contribution is 5.96. The Hall–Kier alpha value is -2.77. The zero-order valence-corrected chi connectivity index (χ0v) is 13.1. The second-order valence-corrected chi connectivity index (χ2v) is 6.17. The Morgan fingerprint density at radius 1 is 1.29 bits per heavy atom. The minimum atomic E-state index is -0.487. The Morgan fingerprint density at radius 2 is 2.08 bits per heavy atom. The predicted octanol–water partition coefficient (Wildman–Crippen LogP) is 1.00. The highest BCUT2D eigenvalue weighted by Gasteiger charge is 2.34. The van der Waals surface area contributed by atoms with Crippen molar-refractivity contribution in [2.24, 2.45) is 7.05 Å². The fourth-order valence-corrected chi connectivity index (χ4v) is 2.87. The maximum atomic E-state index is 13.0. The van der Waals surface area contributed by atoms with E-state index in [2.05, 4.69) is 15.4 Å². The van der Waals surface area contributed by atoms with E-state index in [-0.39, 0.29) is 23.6 Å². The molecule has 4 rings (SSSR count). The SMILES string of the molecule is Cn1nc(C(=O)NC2CC2)c2c1CN(C(=O)c1ccc(F)cn1)C2. The van der Waals surface area contributed by atoms with Gasteiger partial charge in [0.2, 0.25) is 0 Å². The lowest BCUT2D eigenvalue weighted by Gasteiger charge is -2.15. The molecule has 1 aliphatic carbocycles. The third kappa shape index (κ3) is 2.53. The van der Waals surface area contributed by atoms with Crippen molar-refractivity contribution in [2.75, 3.05) is 0 Å². The maximum Gasteiger partial charge on any atom is 0.273 e. The van der Waals surface area contributed by atoms with Crippen LogP contribution in [-0.2, 0) is 20.1 Å². The molecule has 2 aromatic heterocycles. The van der Waals surface area contributed by atoms with E-state index in [0.717, 1.165) is 30.3 Å². The molecule has 1 N–H and O–H groups in total. The van der Waals surface area contributed by atoms with Gasteiger partial charge in [0.05, 0.1) is 25.0 Å². The fourth-order valence-electron chi connectivity index (χ4n) is 2.87. The number of hydrogen-bond donors (Lipinski definition) is 1. The number of fused-ring (bicyclic) bond motifs is 1. The van der Waals surface area contributed by atoms with Gasteiger partial charge in [0.1, 0.15) is 11.5 Å². The van der Waals surface area contributed by atoms with E-state index in [1.54, 1.807) is 16.6 Å². The summed E-state index contributed by atoms with van der Waals surface area (Å²) in [6.45, 7) is 0.655. The lowest BCUT2D eigenvalue weighted by Crippen LogP contribution is -2.29.